The van der Waals surface area contributed by atoms with E-state index < -0.39 is 0 Å². The summed E-state index contributed by atoms with van der Waals surface area (Å²) in [6.07, 6.45) is 4.13. The Bertz CT molecular complexity index is 1060. The Morgan fingerprint density at radius 2 is 2.11 bits per heavy atom. The minimum absolute atomic E-state index is 0.0417. The number of nitrogens with zero attached hydrogens (tertiary/aromatic N) is 3. The van der Waals surface area contributed by atoms with Crippen LogP contribution in [0.4, 0.5) is 0 Å². The van der Waals surface area contributed by atoms with E-state index in [4.69, 9.17) is 9.72 Å². The molecule has 0 fully saturated rings. The van der Waals surface area contributed by atoms with Crippen molar-refractivity contribution >= 4 is 0 Å². The zero-order chi connectivity index (χ0) is 19.7. The lowest BCUT2D eigenvalue weighted by molar-refractivity contribution is 0.240. The molecule has 0 atom stereocenters. The summed E-state index contributed by atoms with van der Waals surface area (Å²) in [6, 6.07) is 8.03. The molecule has 0 saturated heterocycles. The normalized spacial score (nSPS) is 14.0. The molecule has 1 aromatic carbocycles. The lowest BCUT2D eigenvalue weighted by Gasteiger charge is -2.28. The van der Waals surface area contributed by atoms with Gasteiger partial charge in [0.15, 0.2) is 0 Å². The van der Waals surface area contributed by atoms with E-state index in [1.54, 1.807) is 19.5 Å². The van der Waals surface area contributed by atoms with Crippen molar-refractivity contribution in [1.82, 2.24) is 19.9 Å². The fourth-order valence-corrected chi connectivity index (χ4v) is 3.75. The van der Waals surface area contributed by atoms with Gasteiger partial charge in [-0.15, -0.1) is 0 Å². The van der Waals surface area contributed by atoms with Crippen molar-refractivity contribution in [2.24, 2.45) is 0 Å². The van der Waals surface area contributed by atoms with Crippen LogP contribution in [0.3, 0.4) is 0 Å². The third-order valence-electron chi connectivity index (χ3n) is 5.33. The summed E-state index contributed by atoms with van der Waals surface area (Å²) in [4.78, 5) is 26.7. The van der Waals surface area contributed by atoms with Crippen LogP contribution in [0.1, 0.15) is 27.9 Å². The van der Waals surface area contributed by atoms with Gasteiger partial charge in [0.1, 0.15) is 11.6 Å². The Morgan fingerprint density at radius 3 is 2.86 bits per heavy atom. The smallest absolute Gasteiger partial charge is 0.254 e. The molecule has 0 spiro atoms. The molecule has 6 nitrogen and oxygen atoms in total. The van der Waals surface area contributed by atoms with Crippen molar-refractivity contribution < 1.29 is 4.74 Å². The molecule has 0 amide bonds. The zero-order valence-corrected chi connectivity index (χ0v) is 16.5. The van der Waals surface area contributed by atoms with Crippen LogP contribution in [-0.2, 0) is 19.5 Å². The Labute approximate surface area is 164 Å². The van der Waals surface area contributed by atoms with Crippen LogP contribution in [0.2, 0.25) is 0 Å². The van der Waals surface area contributed by atoms with Gasteiger partial charge in [-0.2, -0.15) is 0 Å². The first-order valence-electron chi connectivity index (χ1n) is 9.44. The first-order valence-corrected chi connectivity index (χ1v) is 9.44. The van der Waals surface area contributed by atoms with Gasteiger partial charge in [-0.3, -0.25) is 14.7 Å². The number of ether oxygens (including phenoxy) is 1. The van der Waals surface area contributed by atoms with Crippen molar-refractivity contribution in [3.8, 4) is 17.1 Å². The Kier molecular flexibility index (Phi) is 4.96. The van der Waals surface area contributed by atoms with E-state index in [0.29, 0.717) is 18.8 Å². The van der Waals surface area contributed by atoms with Gasteiger partial charge in [-0.05, 0) is 55.2 Å². The molecule has 0 bridgehead atoms. The molecular weight excluding hydrogens is 352 g/mol. The van der Waals surface area contributed by atoms with Gasteiger partial charge in [0.05, 0.1) is 12.8 Å². The standard InChI is InChI=1S/C22H24N4O2/c1-14-10-20(28-3)15(2)9-17(14)12-26-8-6-18-19(13-26)24-21(25-22(18)27)16-5-4-7-23-11-16/h4-5,7,9-11H,6,8,12-13H2,1-3H3,(H,24,25,27). The molecule has 6 heteroatoms. The first-order chi connectivity index (χ1) is 13.5. The van der Waals surface area contributed by atoms with E-state index in [0.717, 1.165) is 41.2 Å². The molecule has 1 aliphatic heterocycles. The fourth-order valence-electron chi connectivity index (χ4n) is 3.75. The number of aryl methyl sites for hydroxylation is 2. The predicted molar refractivity (Wildman–Crippen MR) is 108 cm³/mol. The number of H-pyrrole nitrogens is 1. The summed E-state index contributed by atoms with van der Waals surface area (Å²) >= 11 is 0. The third kappa shape index (κ3) is 3.55. The largest absolute Gasteiger partial charge is 0.496 e. The first kappa shape index (κ1) is 18.4. The number of methoxy groups -OCH3 is 1. The molecule has 3 heterocycles. The van der Waals surface area contributed by atoms with Crippen LogP contribution >= 0.6 is 0 Å². The molecule has 1 aliphatic rings. The SMILES string of the molecule is COc1cc(C)c(CN2CCc3c(nc(-c4cccnc4)[nH]c3=O)C2)cc1C. The summed E-state index contributed by atoms with van der Waals surface area (Å²) in [6.45, 7) is 6.51. The summed E-state index contributed by atoms with van der Waals surface area (Å²) in [5.74, 6) is 1.50. The van der Waals surface area contributed by atoms with Gasteiger partial charge in [0.2, 0.25) is 0 Å². The topological polar surface area (TPSA) is 71.1 Å². The van der Waals surface area contributed by atoms with Crippen LogP contribution in [0, 0.1) is 13.8 Å². The number of pyridine rings is 1. The van der Waals surface area contributed by atoms with Crippen molar-refractivity contribution in [2.75, 3.05) is 13.7 Å². The number of hydrogen-bond acceptors (Lipinski definition) is 5. The van der Waals surface area contributed by atoms with Crippen molar-refractivity contribution in [3.05, 3.63) is 75.0 Å². The number of rotatable bonds is 4. The number of fused-ring (bicyclic) bond motifs is 1. The summed E-state index contributed by atoms with van der Waals surface area (Å²) in [5.41, 5.74) is 6.06. The third-order valence-corrected chi connectivity index (χ3v) is 5.33. The summed E-state index contributed by atoms with van der Waals surface area (Å²) in [5, 5.41) is 0. The molecule has 3 aromatic rings. The minimum atomic E-state index is -0.0417. The second-order valence-corrected chi connectivity index (χ2v) is 7.29. The number of hydrogen-bond donors (Lipinski definition) is 1. The van der Waals surface area contributed by atoms with E-state index >= 15 is 0 Å². The van der Waals surface area contributed by atoms with Crippen LogP contribution < -0.4 is 10.3 Å². The number of aromatic amines is 1. The van der Waals surface area contributed by atoms with Crippen molar-refractivity contribution in [2.45, 2.75) is 33.4 Å². The van der Waals surface area contributed by atoms with Crippen molar-refractivity contribution in [1.29, 1.82) is 0 Å². The highest BCUT2D eigenvalue weighted by Crippen LogP contribution is 2.25. The summed E-state index contributed by atoms with van der Waals surface area (Å²) < 4.78 is 5.42. The average molecular weight is 376 g/mol. The van der Waals surface area contributed by atoms with Crippen LogP contribution in [0.25, 0.3) is 11.4 Å². The predicted octanol–water partition coefficient (Wildman–Crippen LogP) is 3.02. The Morgan fingerprint density at radius 1 is 1.25 bits per heavy atom. The molecule has 0 aliphatic carbocycles. The molecular formula is C22H24N4O2. The minimum Gasteiger partial charge on any atom is -0.496 e. The van der Waals surface area contributed by atoms with Gasteiger partial charge in [0.25, 0.3) is 5.56 Å². The molecule has 4 rings (SSSR count). The van der Waals surface area contributed by atoms with Crippen molar-refractivity contribution in [3.63, 3.8) is 0 Å². The molecule has 144 valence electrons. The second kappa shape index (κ2) is 7.56. The van der Waals surface area contributed by atoms with E-state index in [1.165, 1.54) is 11.1 Å². The quantitative estimate of drug-likeness (QED) is 0.758. The summed E-state index contributed by atoms with van der Waals surface area (Å²) in [7, 11) is 1.70. The van der Waals surface area contributed by atoms with Crippen LogP contribution in [0.5, 0.6) is 5.75 Å². The van der Waals surface area contributed by atoms with Gasteiger partial charge in [0, 0.05) is 43.2 Å². The van der Waals surface area contributed by atoms with Gasteiger partial charge in [-0.1, -0.05) is 6.07 Å². The maximum Gasteiger partial charge on any atom is 0.254 e. The van der Waals surface area contributed by atoms with E-state index in [1.807, 2.05) is 12.1 Å². The molecule has 28 heavy (non-hydrogen) atoms. The Hall–Kier alpha value is -2.99. The highest BCUT2D eigenvalue weighted by atomic mass is 16.5. The van der Waals surface area contributed by atoms with E-state index in [9.17, 15) is 4.79 Å². The number of aromatic nitrogens is 3. The van der Waals surface area contributed by atoms with E-state index in [-0.39, 0.29) is 5.56 Å². The van der Waals surface area contributed by atoms with Crippen LogP contribution in [0.15, 0.2) is 41.5 Å². The van der Waals surface area contributed by atoms with E-state index in [2.05, 4.69) is 40.8 Å². The Balaban J connectivity index is 1.60. The highest BCUT2D eigenvalue weighted by Gasteiger charge is 2.22. The molecule has 2 aromatic heterocycles. The van der Waals surface area contributed by atoms with Gasteiger partial charge >= 0.3 is 0 Å². The highest BCUT2D eigenvalue weighted by molar-refractivity contribution is 5.53. The fraction of sp³-hybridized carbons (Fsp3) is 0.318. The maximum atomic E-state index is 12.5. The molecule has 0 saturated carbocycles. The zero-order valence-electron chi connectivity index (χ0n) is 16.5. The number of nitrogens with one attached hydrogen (secondary N) is 1. The van der Waals surface area contributed by atoms with Crippen LogP contribution in [-0.4, -0.2) is 33.5 Å². The van der Waals surface area contributed by atoms with Gasteiger partial charge < -0.3 is 9.72 Å². The maximum absolute atomic E-state index is 12.5. The lowest BCUT2D eigenvalue weighted by Crippen LogP contribution is -2.35. The molecule has 1 N–H and O–H groups in total. The monoisotopic (exact) mass is 376 g/mol. The lowest BCUT2D eigenvalue weighted by atomic mass is 10.0. The number of benzene rings is 1. The second-order valence-electron chi connectivity index (χ2n) is 7.29. The molecule has 0 radical (unpaired) electrons. The molecule has 0 unspecified atom stereocenters. The average Bonchev–Trinajstić information content (AvgIpc) is 2.71. The van der Waals surface area contributed by atoms with Gasteiger partial charge in [-0.25, -0.2) is 4.98 Å².